The van der Waals surface area contributed by atoms with E-state index >= 15 is 0 Å². The van der Waals surface area contributed by atoms with Crippen LogP contribution in [0.3, 0.4) is 0 Å². The van der Waals surface area contributed by atoms with Gasteiger partial charge in [0.2, 0.25) is 0 Å². The summed E-state index contributed by atoms with van der Waals surface area (Å²) in [6, 6.07) is 13.1. The summed E-state index contributed by atoms with van der Waals surface area (Å²) in [7, 11) is 0. The number of halogens is 2. The Morgan fingerprint density at radius 1 is 1.09 bits per heavy atom. The topological polar surface area (TPSA) is 41.5 Å². The molecule has 2 aromatic carbocycles. The zero-order valence-electron chi connectivity index (χ0n) is 13.3. The molecular weight excluding hydrogens is 333 g/mol. The van der Waals surface area contributed by atoms with Gasteiger partial charge in [0.25, 0.3) is 0 Å². The molecule has 23 heavy (non-hydrogen) atoms. The van der Waals surface area contributed by atoms with Gasteiger partial charge >= 0.3 is 0 Å². The average Bonchev–Trinajstić information content (AvgIpc) is 2.52. The Labute approximate surface area is 147 Å². The van der Waals surface area contributed by atoms with Crippen LogP contribution in [0.4, 0.5) is 0 Å². The van der Waals surface area contributed by atoms with Crippen LogP contribution < -0.4 is 10.1 Å². The molecule has 0 heterocycles. The molecule has 0 fully saturated rings. The van der Waals surface area contributed by atoms with Gasteiger partial charge in [-0.25, -0.2) is 0 Å². The molecule has 0 atom stereocenters. The Balaban J connectivity index is 2.09. The predicted molar refractivity (Wildman–Crippen MR) is 95.2 cm³/mol. The third kappa shape index (κ3) is 5.70. The van der Waals surface area contributed by atoms with Gasteiger partial charge in [-0.2, -0.15) is 0 Å². The first-order chi connectivity index (χ1) is 10.9. The number of aliphatic hydroxyl groups is 1. The summed E-state index contributed by atoms with van der Waals surface area (Å²) < 4.78 is 5.91. The Morgan fingerprint density at radius 3 is 2.52 bits per heavy atom. The number of hydrogen-bond acceptors (Lipinski definition) is 3. The van der Waals surface area contributed by atoms with Gasteiger partial charge < -0.3 is 15.2 Å². The fourth-order valence-electron chi connectivity index (χ4n) is 2.01. The van der Waals surface area contributed by atoms with Crippen molar-refractivity contribution in [2.45, 2.75) is 32.5 Å². The first-order valence-corrected chi connectivity index (χ1v) is 8.17. The maximum Gasteiger partial charge on any atom is 0.124 e. The maximum atomic E-state index is 9.34. The number of rotatable bonds is 7. The molecule has 2 aromatic rings. The van der Waals surface area contributed by atoms with Crippen molar-refractivity contribution in [1.29, 1.82) is 0 Å². The standard InChI is InChI=1S/C18H21Cl2NO2/c1-18(2,12-22)21-10-14-9-16(20)6-7-17(14)23-11-13-4-3-5-15(19)8-13/h3-9,21-22H,10-12H2,1-2H3. The molecule has 0 aliphatic carbocycles. The molecule has 124 valence electrons. The summed E-state index contributed by atoms with van der Waals surface area (Å²) in [5.74, 6) is 0.760. The molecule has 0 aliphatic heterocycles. The maximum absolute atomic E-state index is 9.34. The minimum absolute atomic E-state index is 0.0479. The van der Waals surface area contributed by atoms with Crippen molar-refractivity contribution in [3.63, 3.8) is 0 Å². The molecular formula is C18H21Cl2NO2. The fraction of sp³-hybridized carbons (Fsp3) is 0.333. The highest BCUT2D eigenvalue weighted by Gasteiger charge is 2.16. The van der Waals surface area contributed by atoms with E-state index in [2.05, 4.69) is 5.32 Å². The van der Waals surface area contributed by atoms with Crippen LogP contribution in [0.15, 0.2) is 42.5 Å². The van der Waals surface area contributed by atoms with E-state index in [1.807, 2.05) is 50.2 Å². The second kappa shape index (κ2) is 8.02. The molecule has 5 heteroatoms. The largest absolute Gasteiger partial charge is 0.489 e. The van der Waals surface area contributed by atoms with Crippen molar-refractivity contribution in [3.8, 4) is 5.75 Å². The van der Waals surface area contributed by atoms with Crippen LogP contribution in [0.2, 0.25) is 10.0 Å². The lowest BCUT2D eigenvalue weighted by Gasteiger charge is -2.24. The Hall–Kier alpha value is -1.26. The summed E-state index contributed by atoms with van der Waals surface area (Å²) in [5, 5.41) is 14.0. The first kappa shape index (κ1) is 18.1. The van der Waals surface area contributed by atoms with Gasteiger partial charge in [-0.3, -0.25) is 0 Å². The quantitative estimate of drug-likeness (QED) is 0.773. The van der Waals surface area contributed by atoms with E-state index in [-0.39, 0.29) is 12.1 Å². The third-order valence-corrected chi connectivity index (χ3v) is 3.93. The van der Waals surface area contributed by atoms with Crippen LogP contribution in [-0.4, -0.2) is 17.3 Å². The van der Waals surface area contributed by atoms with E-state index in [1.165, 1.54) is 0 Å². The van der Waals surface area contributed by atoms with Gasteiger partial charge in [-0.15, -0.1) is 0 Å². The van der Waals surface area contributed by atoms with Crippen LogP contribution in [0.1, 0.15) is 25.0 Å². The third-order valence-electron chi connectivity index (χ3n) is 3.46. The molecule has 0 unspecified atom stereocenters. The number of ether oxygens (including phenoxy) is 1. The highest BCUT2D eigenvalue weighted by atomic mass is 35.5. The van der Waals surface area contributed by atoms with Crippen molar-refractivity contribution >= 4 is 23.2 Å². The summed E-state index contributed by atoms with van der Waals surface area (Å²) in [4.78, 5) is 0. The first-order valence-electron chi connectivity index (χ1n) is 7.41. The monoisotopic (exact) mass is 353 g/mol. The minimum Gasteiger partial charge on any atom is -0.489 e. The summed E-state index contributed by atoms with van der Waals surface area (Å²) in [6.45, 7) is 4.90. The average molecular weight is 354 g/mol. The lowest BCUT2D eigenvalue weighted by atomic mass is 10.1. The van der Waals surface area contributed by atoms with Crippen molar-refractivity contribution < 1.29 is 9.84 Å². The molecule has 0 aromatic heterocycles. The molecule has 0 saturated heterocycles. The molecule has 3 nitrogen and oxygen atoms in total. The lowest BCUT2D eigenvalue weighted by molar-refractivity contribution is 0.186. The normalized spacial score (nSPS) is 11.5. The highest BCUT2D eigenvalue weighted by molar-refractivity contribution is 6.30. The zero-order chi connectivity index (χ0) is 16.9. The fourth-order valence-corrected chi connectivity index (χ4v) is 2.41. The molecule has 0 amide bonds. The molecule has 0 spiro atoms. The molecule has 0 aliphatic rings. The SMILES string of the molecule is CC(C)(CO)NCc1cc(Cl)ccc1OCc1cccc(Cl)c1. The summed E-state index contributed by atoms with van der Waals surface area (Å²) >= 11 is 12.1. The van der Waals surface area contributed by atoms with Crippen LogP contribution in [-0.2, 0) is 13.2 Å². The Morgan fingerprint density at radius 2 is 1.83 bits per heavy atom. The van der Waals surface area contributed by atoms with E-state index in [1.54, 1.807) is 6.07 Å². The van der Waals surface area contributed by atoms with Crippen molar-refractivity contribution in [3.05, 3.63) is 63.6 Å². The number of benzene rings is 2. The van der Waals surface area contributed by atoms with Gasteiger partial charge in [-0.05, 0) is 49.7 Å². The van der Waals surface area contributed by atoms with Crippen LogP contribution in [0, 0.1) is 0 Å². The lowest BCUT2D eigenvalue weighted by Crippen LogP contribution is -2.42. The van der Waals surface area contributed by atoms with Gasteiger partial charge in [0.05, 0.1) is 6.61 Å². The van der Waals surface area contributed by atoms with Crippen molar-refractivity contribution in [2.75, 3.05) is 6.61 Å². The van der Waals surface area contributed by atoms with Crippen LogP contribution in [0.25, 0.3) is 0 Å². The smallest absolute Gasteiger partial charge is 0.124 e. The van der Waals surface area contributed by atoms with Gasteiger partial charge in [-0.1, -0.05) is 35.3 Å². The Bertz CT molecular complexity index is 659. The van der Waals surface area contributed by atoms with Crippen molar-refractivity contribution in [1.82, 2.24) is 5.32 Å². The molecule has 2 rings (SSSR count). The van der Waals surface area contributed by atoms with Crippen molar-refractivity contribution in [2.24, 2.45) is 0 Å². The molecule has 2 N–H and O–H groups in total. The number of hydrogen-bond donors (Lipinski definition) is 2. The molecule has 0 radical (unpaired) electrons. The minimum atomic E-state index is -0.369. The van der Waals surface area contributed by atoms with Gasteiger partial charge in [0, 0.05) is 27.7 Å². The van der Waals surface area contributed by atoms with E-state index in [0.717, 1.165) is 16.9 Å². The van der Waals surface area contributed by atoms with Crippen LogP contribution in [0.5, 0.6) is 5.75 Å². The second-order valence-electron chi connectivity index (χ2n) is 6.07. The predicted octanol–water partition coefficient (Wildman–Crippen LogP) is 4.43. The summed E-state index contributed by atoms with van der Waals surface area (Å²) in [6.07, 6.45) is 0. The van der Waals surface area contributed by atoms with Gasteiger partial charge in [0.15, 0.2) is 0 Å². The van der Waals surface area contributed by atoms with E-state index in [4.69, 9.17) is 27.9 Å². The summed E-state index contributed by atoms with van der Waals surface area (Å²) in [5.41, 5.74) is 1.58. The second-order valence-corrected chi connectivity index (χ2v) is 6.94. The Kier molecular flexibility index (Phi) is 6.31. The molecule has 0 saturated carbocycles. The molecule has 0 bridgehead atoms. The van der Waals surface area contributed by atoms with Crippen LogP contribution >= 0.6 is 23.2 Å². The highest BCUT2D eigenvalue weighted by Crippen LogP contribution is 2.25. The van der Waals surface area contributed by atoms with E-state index in [9.17, 15) is 5.11 Å². The van der Waals surface area contributed by atoms with E-state index in [0.29, 0.717) is 23.2 Å². The zero-order valence-corrected chi connectivity index (χ0v) is 14.8. The number of aliphatic hydroxyl groups excluding tert-OH is 1. The van der Waals surface area contributed by atoms with E-state index < -0.39 is 0 Å². The van der Waals surface area contributed by atoms with Gasteiger partial charge in [0.1, 0.15) is 12.4 Å². The number of nitrogens with one attached hydrogen (secondary N) is 1.